The van der Waals surface area contributed by atoms with E-state index >= 15 is 0 Å². The average Bonchev–Trinajstić information content (AvgIpc) is 2.51. The van der Waals surface area contributed by atoms with Crippen LogP contribution in [0.5, 0.6) is 5.75 Å². The number of benzene rings is 1. The number of nitrogens with one attached hydrogen (secondary N) is 1. The molecule has 0 spiro atoms. The Balaban J connectivity index is 2.87. The molecule has 1 atom stereocenters. The number of carbonyl (C=O) groups is 1. The lowest BCUT2D eigenvalue weighted by Gasteiger charge is -2.27. The van der Waals surface area contributed by atoms with Crippen LogP contribution in [0.15, 0.2) is 12.1 Å². The van der Waals surface area contributed by atoms with Gasteiger partial charge in [-0.2, -0.15) is 0 Å². The maximum absolute atomic E-state index is 12.6. The first-order valence-corrected chi connectivity index (χ1v) is 8.48. The van der Waals surface area contributed by atoms with Crippen LogP contribution in [-0.4, -0.2) is 25.2 Å². The summed E-state index contributed by atoms with van der Waals surface area (Å²) in [4.78, 5) is 12.6. The van der Waals surface area contributed by atoms with E-state index in [1.165, 1.54) is 0 Å². The van der Waals surface area contributed by atoms with E-state index in [0.29, 0.717) is 6.61 Å². The third-order valence-corrected chi connectivity index (χ3v) is 4.20. The Kier molecular flexibility index (Phi) is 7.56. The summed E-state index contributed by atoms with van der Waals surface area (Å²) in [5.74, 6) is 0.794. The molecule has 0 radical (unpaired) electrons. The molecule has 1 aromatic rings. The average molecular weight is 321 g/mol. The number of ether oxygens (including phenoxy) is 2. The minimum absolute atomic E-state index is 0.0981. The fraction of sp³-hybridized carbons (Fsp3) is 0.632. The van der Waals surface area contributed by atoms with Crippen LogP contribution in [-0.2, 0) is 9.53 Å². The van der Waals surface area contributed by atoms with E-state index < -0.39 is 5.60 Å². The molecule has 0 bridgehead atoms. The van der Waals surface area contributed by atoms with Crippen molar-refractivity contribution < 1.29 is 14.3 Å². The van der Waals surface area contributed by atoms with Gasteiger partial charge in [0.1, 0.15) is 11.4 Å². The normalized spacial score (nSPS) is 13.5. The van der Waals surface area contributed by atoms with Crippen LogP contribution in [0.1, 0.15) is 57.6 Å². The van der Waals surface area contributed by atoms with Gasteiger partial charge < -0.3 is 14.8 Å². The number of amides is 1. The molecule has 0 aliphatic rings. The highest BCUT2D eigenvalue weighted by atomic mass is 16.5. The number of anilines is 1. The number of methoxy groups -OCH3 is 1. The van der Waals surface area contributed by atoms with Crippen LogP contribution in [0.3, 0.4) is 0 Å². The lowest BCUT2D eigenvalue weighted by atomic mass is 9.96. The van der Waals surface area contributed by atoms with Crippen LogP contribution < -0.4 is 10.1 Å². The van der Waals surface area contributed by atoms with E-state index in [9.17, 15) is 4.79 Å². The molecule has 0 saturated carbocycles. The van der Waals surface area contributed by atoms with Gasteiger partial charge in [-0.1, -0.05) is 26.2 Å². The number of rotatable bonds is 9. The van der Waals surface area contributed by atoms with Crippen molar-refractivity contribution in [3.8, 4) is 5.75 Å². The molecule has 1 amide bonds. The minimum atomic E-state index is -0.796. The van der Waals surface area contributed by atoms with E-state index in [0.717, 1.165) is 48.2 Å². The summed E-state index contributed by atoms with van der Waals surface area (Å²) in [6.45, 7) is 10.6. The molecule has 4 heteroatoms. The summed E-state index contributed by atoms with van der Waals surface area (Å²) in [7, 11) is 1.60. The topological polar surface area (TPSA) is 47.6 Å². The summed E-state index contributed by atoms with van der Waals surface area (Å²) in [5, 5.41) is 2.99. The van der Waals surface area contributed by atoms with Gasteiger partial charge in [-0.3, -0.25) is 4.79 Å². The molecule has 23 heavy (non-hydrogen) atoms. The second kappa shape index (κ2) is 8.92. The molecule has 0 heterocycles. The number of unbranched alkanes of at least 4 members (excludes halogenated alkanes) is 2. The molecule has 0 saturated heterocycles. The molecular formula is C19H31NO3. The van der Waals surface area contributed by atoms with E-state index in [2.05, 4.69) is 12.2 Å². The smallest absolute Gasteiger partial charge is 0.256 e. The molecule has 0 fully saturated rings. The van der Waals surface area contributed by atoms with Crippen molar-refractivity contribution in [1.82, 2.24) is 0 Å². The first kappa shape index (κ1) is 19.5. The maximum Gasteiger partial charge on any atom is 0.256 e. The fourth-order valence-corrected chi connectivity index (χ4v) is 2.68. The largest absolute Gasteiger partial charge is 0.493 e. The van der Waals surface area contributed by atoms with Gasteiger partial charge in [0.05, 0.1) is 6.61 Å². The molecule has 0 aromatic heterocycles. The predicted octanol–water partition coefficient (Wildman–Crippen LogP) is 4.63. The van der Waals surface area contributed by atoms with Gasteiger partial charge in [-0.15, -0.1) is 0 Å². The third-order valence-electron chi connectivity index (χ3n) is 4.20. The van der Waals surface area contributed by atoms with Crippen molar-refractivity contribution in [1.29, 1.82) is 0 Å². The zero-order valence-corrected chi connectivity index (χ0v) is 15.4. The van der Waals surface area contributed by atoms with Crippen LogP contribution in [0.25, 0.3) is 0 Å². The van der Waals surface area contributed by atoms with E-state index in [4.69, 9.17) is 9.47 Å². The van der Waals surface area contributed by atoms with Gasteiger partial charge >= 0.3 is 0 Å². The second-order valence-electron chi connectivity index (χ2n) is 6.22. The molecule has 1 unspecified atom stereocenters. The highest BCUT2D eigenvalue weighted by Crippen LogP contribution is 2.28. The number of hydrogen-bond donors (Lipinski definition) is 1. The first-order chi connectivity index (χ1) is 10.9. The molecule has 1 N–H and O–H groups in total. The van der Waals surface area contributed by atoms with Crippen molar-refractivity contribution in [2.45, 2.75) is 65.9 Å². The quantitative estimate of drug-likeness (QED) is 0.675. The molecule has 1 aromatic carbocycles. The molecule has 130 valence electrons. The van der Waals surface area contributed by atoms with Crippen LogP contribution >= 0.6 is 0 Å². The second-order valence-corrected chi connectivity index (χ2v) is 6.22. The van der Waals surface area contributed by atoms with Gasteiger partial charge in [-0.05, 0) is 57.4 Å². The van der Waals surface area contributed by atoms with Gasteiger partial charge in [-0.25, -0.2) is 0 Å². The Morgan fingerprint density at radius 1 is 1.17 bits per heavy atom. The number of hydrogen-bond acceptors (Lipinski definition) is 3. The highest BCUT2D eigenvalue weighted by Gasteiger charge is 2.32. The summed E-state index contributed by atoms with van der Waals surface area (Å²) in [5.41, 5.74) is 2.03. The van der Waals surface area contributed by atoms with Crippen LogP contribution in [0.2, 0.25) is 0 Å². The molecule has 0 aliphatic heterocycles. The van der Waals surface area contributed by atoms with Crippen molar-refractivity contribution in [3.63, 3.8) is 0 Å². The van der Waals surface area contributed by atoms with Gasteiger partial charge in [0.2, 0.25) is 0 Å². The van der Waals surface area contributed by atoms with Crippen molar-refractivity contribution in [2.24, 2.45) is 0 Å². The molecular weight excluding hydrogens is 290 g/mol. The summed E-state index contributed by atoms with van der Waals surface area (Å²) < 4.78 is 11.1. The van der Waals surface area contributed by atoms with Gasteiger partial charge in [0.25, 0.3) is 5.91 Å². The van der Waals surface area contributed by atoms with Crippen molar-refractivity contribution >= 4 is 11.6 Å². The number of carbonyl (C=O) groups excluding carboxylic acids is 1. The Bertz CT molecular complexity index is 504. The van der Waals surface area contributed by atoms with Gasteiger partial charge in [0.15, 0.2) is 0 Å². The van der Waals surface area contributed by atoms with Crippen molar-refractivity contribution in [2.75, 3.05) is 19.0 Å². The van der Waals surface area contributed by atoms with Crippen LogP contribution in [0, 0.1) is 13.8 Å². The maximum atomic E-state index is 12.6. The Morgan fingerprint density at radius 2 is 1.78 bits per heavy atom. The zero-order chi connectivity index (χ0) is 17.5. The molecule has 4 nitrogen and oxygen atoms in total. The van der Waals surface area contributed by atoms with E-state index in [-0.39, 0.29) is 5.91 Å². The standard InChI is InChI=1S/C19H31NO3/c1-7-9-10-11-19(5,22-6)18(21)20-16-12-14(3)17(23-8-2)15(4)13-16/h12-13H,7-11H2,1-6H3,(H,20,21). The third kappa shape index (κ3) is 5.24. The highest BCUT2D eigenvalue weighted by molar-refractivity contribution is 5.97. The summed E-state index contributed by atoms with van der Waals surface area (Å²) in [6, 6.07) is 3.88. The lowest BCUT2D eigenvalue weighted by Crippen LogP contribution is -2.42. The van der Waals surface area contributed by atoms with E-state index in [1.54, 1.807) is 7.11 Å². The van der Waals surface area contributed by atoms with Crippen molar-refractivity contribution in [3.05, 3.63) is 23.3 Å². The Labute approximate surface area is 140 Å². The number of aryl methyl sites for hydroxylation is 2. The molecule has 1 rings (SSSR count). The predicted molar refractivity (Wildman–Crippen MR) is 95.3 cm³/mol. The monoisotopic (exact) mass is 321 g/mol. The first-order valence-electron chi connectivity index (χ1n) is 8.48. The fourth-order valence-electron chi connectivity index (χ4n) is 2.68. The lowest BCUT2D eigenvalue weighted by molar-refractivity contribution is -0.136. The summed E-state index contributed by atoms with van der Waals surface area (Å²) in [6.07, 6.45) is 3.93. The van der Waals surface area contributed by atoms with Crippen LogP contribution in [0.4, 0.5) is 5.69 Å². The Morgan fingerprint density at radius 3 is 2.26 bits per heavy atom. The van der Waals surface area contributed by atoms with E-state index in [1.807, 2.05) is 39.8 Å². The minimum Gasteiger partial charge on any atom is -0.493 e. The Hall–Kier alpha value is -1.55. The SMILES string of the molecule is CCCCCC(C)(OC)C(=O)Nc1cc(C)c(OCC)c(C)c1. The van der Waals surface area contributed by atoms with Gasteiger partial charge in [0, 0.05) is 12.8 Å². The zero-order valence-electron chi connectivity index (χ0n) is 15.4. The molecule has 0 aliphatic carbocycles. The summed E-state index contributed by atoms with van der Waals surface area (Å²) >= 11 is 0.